The highest BCUT2D eigenvalue weighted by molar-refractivity contribution is 6.07. The van der Waals surface area contributed by atoms with Crippen LogP contribution in [0.1, 0.15) is 0 Å². The van der Waals surface area contributed by atoms with E-state index in [4.69, 9.17) is 20.0 Å². The lowest BCUT2D eigenvalue weighted by Gasteiger charge is -2.12. The van der Waals surface area contributed by atoms with E-state index in [9.17, 15) is 0 Å². The van der Waals surface area contributed by atoms with Crippen molar-refractivity contribution in [3.8, 4) is 35.1 Å². The molecule has 0 saturated heterocycles. The molecule has 0 bridgehead atoms. The van der Waals surface area contributed by atoms with Crippen LogP contribution in [0.5, 0.6) is 11.5 Å². The Balaban J connectivity index is 1.98. The first-order chi connectivity index (χ1) is 12.8. The monoisotopic (exact) mass is 336 g/mol. The van der Waals surface area contributed by atoms with E-state index in [1.807, 2.05) is 54.6 Å². The van der Waals surface area contributed by atoms with Gasteiger partial charge in [0.2, 0.25) is 0 Å². The summed E-state index contributed by atoms with van der Waals surface area (Å²) in [7, 11) is 0. The van der Waals surface area contributed by atoms with Crippen LogP contribution in [0.15, 0.2) is 72.8 Å². The molecule has 0 aliphatic heterocycles. The van der Waals surface area contributed by atoms with Gasteiger partial charge in [-0.05, 0) is 45.5 Å². The number of hydrogen-bond donors (Lipinski definition) is 0. The molecule has 0 aromatic heterocycles. The average molecular weight is 336 g/mol. The molecular weight excluding hydrogens is 324 g/mol. The van der Waals surface area contributed by atoms with Crippen LogP contribution < -0.4 is 9.47 Å². The zero-order chi connectivity index (χ0) is 17.9. The summed E-state index contributed by atoms with van der Waals surface area (Å²) in [6.45, 7) is 0. The molecule has 4 rings (SSSR count). The van der Waals surface area contributed by atoms with Gasteiger partial charge in [-0.15, -0.1) is 10.5 Å². The number of ether oxygens (including phenoxy) is 2. The second-order valence-corrected chi connectivity index (χ2v) is 5.73. The largest absolute Gasteiger partial charge is 0.388 e. The maximum Gasteiger partial charge on any atom is 0.292 e. The molecule has 4 aromatic rings. The van der Waals surface area contributed by atoms with Crippen molar-refractivity contribution in [1.29, 1.82) is 10.5 Å². The van der Waals surface area contributed by atoms with E-state index in [1.165, 1.54) is 0 Å². The fourth-order valence-corrected chi connectivity index (χ4v) is 3.27. The van der Waals surface area contributed by atoms with E-state index < -0.39 is 0 Å². The zero-order valence-electron chi connectivity index (χ0n) is 13.6. The third kappa shape index (κ3) is 2.56. The molecule has 0 saturated carbocycles. The minimum atomic E-state index is 0.514. The second-order valence-electron chi connectivity index (χ2n) is 5.73. The Morgan fingerprint density at radius 1 is 0.615 bits per heavy atom. The van der Waals surface area contributed by atoms with Crippen molar-refractivity contribution < 1.29 is 9.47 Å². The van der Waals surface area contributed by atoms with E-state index in [1.54, 1.807) is 24.6 Å². The van der Waals surface area contributed by atoms with Gasteiger partial charge < -0.3 is 9.47 Å². The zero-order valence-corrected chi connectivity index (χ0v) is 13.6. The van der Waals surface area contributed by atoms with Gasteiger partial charge in [0, 0.05) is 5.39 Å². The smallest absolute Gasteiger partial charge is 0.292 e. The van der Waals surface area contributed by atoms with Crippen LogP contribution in [-0.4, -0.2) is 0 Å². The lowest BCUT2D eigenvalue weighted by molar-refractivity contribution is 0.508. The number of nitriles is 2. The summed E-state index contributed by atoms with van der Waals surface area (Å²) in [5.74, 6) is 1.05. The van der Waals surface area contributed by atoms with Crippen molar-refractivity contribution in [3.05, 3.63) is 72.8 Å². The highest BCUT2D eigenvalue weighted by Gasteiger charge is 2.11. The SMILES string of the molecule is N#COc1ccc2c(-c3cccc4c(OC#N)cccc34)cccc2c1. The molecule has 4 heteroatoms. The van der Waals surface area contributed by atoms with Crippen LogP contribution >= 0.6 is 0 Å². The summed E-state index contributed by atoms with van der Waals surface area (Å²) in [5.41, 5.74) is 2.11. The summed E-state index contributed by atoms with van der Waals surface area (Å²) >= 11 is 0. The number of hydrogen-bond acceptors (Lipinski definition) is 4. The average Bonchev–Trinajstić information content (AvgIpc) is 2.68. The van der Waals surface area contributed by atoms with Crippen LogP contribution in [0.4, 0.5) is 0 Å². The summed E-state index contributed by atoms with van der Waals surface area (Å²) < 4.78 is 10.0. The third-order valence-electron chi connectivity index (χ3n) is 4.34. The molecule has 26 heavy (non-hydrogen) atoms. The normalized spacial score (nSPS) is 10.2. The van der Waals surface area contributed by atoms with E-state index in [2.05, 4.69) is 6.07 Å². The van der Waals surface area contributed by atoms with Crippen molar-refractivity contribution in [2.75, 3.05) is 0 Å². The Morgan fingerprint density at radius 2 is 1.31 bits per heavy atom. The molecule has 4 nitrogen and oxygen atoms in total. The third-order valence-corrected chi connectivity index (χ3v) is 4.34. The first-order valence-electron chi connectivity index (χ1n) is 7.98. The molecule has 122 valence electrons. The molecule has 0 radical (unpaired) electrons. The van der Waals surface area contributed by atoms with Gasteiger partial charge in [0.15, 0.2) is 0 Å². The molecule has 0 spiro atoms. The number of rotatable bonds is 3. The van der Waals surface area contributed by atoms with Crippen molar-refractivity contribution in [1.82, 2.24) is 0 Å². The van der Waals surface area contributed by atoms with Gasteiger partial charge in [-0.3, -0.25) is 0 Å². The molecular formula is C22H12N2O2. The number of nitrogens with zero attached hydrogens (tertiary/aromatic N) is 2. The van der Waals surface area contributed by atoms with Crippen molar-refractivity contribution in [2.24, 2.45) is 0 Å². The maximum absolute atomic E-state index is 8.87. The minimum absolute atomic E-state index is 0.514. The quantitative estimate of drug-likeness (QED) is 0.471. The van der Waals surface area contributed by atoms with Crippen molar-refractivity contribution in [3.63, 3.8) is 0 Å². The molecule has 0 amide bonds. The molecule has 4 aromatic carbocycles. The van der Waals surface area contributed by atoms with Gasteiger partial charge in [0.05, 0.1) is 0 Å². The van der Waals surface area contributed by atoms with Gasteiger partial charge in [0.25, 0.3) is 12.5 Å². The highest BCUT2D eigenvalue weighted by Crippen LogP contribution is 2.37. The fourth-order valence-electron chi connectivity index (χ4n) is 3.27. The van der Waals surface area contributed by atoms with E-state index in [-0.39, 0.29) is 0 Å². The van der Waals surface area contributed by atoms with Gasteiger partial charge in [0.1, 0.15) is 11.5 Å². The molecule has 0 aliphatic rings. The molecule has 0 aliphatic carbocycles. The van der Waals surface area contributed by atoms with Crippen molar-refractivity contribution >= 4 is 21.5 Å². The van der Waals surface area contributed by atoms with Gasteiger partial charge >= 0.3 is 0 Å². The fraction of sp³-hybridized carbons (Fsp3) is 0. The number of benzene rings is 4. The van der Waals surface area contributed by atoms with E-state index in [0.717, 1.165) is 32.7 Å². The standard InChI is InChI=1S/C22H12N2O2/c23-13-25-16-10-11-17-15(12-16)4-1-5-18(17)19-6-2-8-21-20(19)7-3-9-22(21)26-14-24/h1-12H. The first-order valence-corrected chi connectivity index (χ1v) is 7.98. The Bertz CT molecular complexity index is 1220. The van der Waals surface area contributed by atoms with Crippen LogP contribution in [-0.2, 0) is 0 Å². The summed E-state index contributed by atoms with van der Waals surface area (Å²) in [4.78, 5) is 0. The maximum atomic E-state index is 8.87. The molecule has 0 unspecified atom stereocenters. The van der Waals surface area contributed by atoms with E-state index in [0.29, 0.717) is 11.5 Å². The molecule has 0 N–H and O–H groups in total. The van der Waals surface area contributed by atoms with Crippen LogP contribution in [0.2, 0.25) is 0 Å². The van der Waals surface area contributed by atoms with Gasteiger partial charge in [-0.1, -0.05) is 54.6 Å². The Kier molecular flexibility index (Phi) is 3.86. The highest BCUT2D eigenvalue weighted by atomic mass is 16.5. The van der Waals surface area contributed by atoms with E-state index >= 15 is 0 Å². The van der Waals surface area contributed by atoms with Gasteiger partial charge in [-0.2, -0.15) is 0 Å². The summed E-state index contributed by atoms with van der Waals surface area (Å²) in [5, 5.41) is 21.5. The van der Waals surface area contributed by atoms with Crippen LogP contribution in [0, 0.1) is 23.0 Å². The van der Waals surface area contributed by atoms with Crippen LogP contribution in [0.3, 0.4) is 0 Å². The Labute approximate surface area is 150 Å². The van der Waals surface area contributed by atoms with Crippen LogP contribution in [0.25, 0.3) is 32.7 Å². The lowest BCUT2D eigenvalue weighted by atomic mass is 9.93. The Morgan fingerprint density at radius 3 is 2.12 bits per heavy atom. The summed E-state index contributed by atoms with van der Waals surface area (Å²) in [6, 6.07) is 23.2. The second kappa shape index (κ2) is 6.47. The predicted molar refractivity (Wildman–Crippen MR) is 99.4 cm³/mol. The lowest BCUT2D eigenvalue weighted by Crippen LogP contribution is -1.88. The summed E-state index contributed by atoms with van der Waals surface area (Å²) in [6.07, 6.45) is 3.44. The molecule has 0 heterocycles. The molecule has 0 atom stereocenters. The predicted octanol–water partition coefficient (Wildman–Crippen LogP) is 5.38. The topological polar surface area (TPSA) is 66.0 Å². The minimum Gasteiger partial charge on any atom is -0.388 e. The Hall–Kier alpha value is -4.02. The van der Waals surface area contributed by atoms with Crippen molar-refractivity contribution in [2.45, 2.75) is 0 Å². The molecule has 0 fully saturated rings. The first kappa shape index (κ1) is 15.5. The number of fused-ring (bicyclic) bond motifs is 2. The van der Waals surface area contributed by atoms with Gasteiger partial charge in [-0.25, -0.2) is 0 Å².